The smallest absolute Gasteiger partial charge is 0.410 e. The third-order valence-corrected chi connectivity index (χ3v) is 3.44. The highest BCUT2D eigenvalue weighted by Gasteiger charge is 2.28. The zero-order valence-electron chi connectivity index (χ0n) is 12.4. The van der Waals surface area contributed by atoms with Crippen molar-refractivity contribution in [3.63, 3.8) is 0 Å². The summed E-state index contributed by atoms with van der Waals surface area (Å²) in [5.41, 5.74) is 5.04. The molecule has 112 valence electrons. The van der Waals surface area contributed by atoms with Crippen LogP contribution in [0.3, 0.4) is 0 Å². The molecule has 0 aliphatic carbocycles. The van der Waals surface area contributed by atoms with Crippen molar-refractivity contribution in [1.82, 2.24) is 4.90 Å². The number of ether oxygens (including phenoxy) is 1. The number of amides is 1. The molecular formula is C14H28N2O3. The van der Waals surface area contributed by atoms with E-state index in [-0.39, 0.29) is 18.1 Å². The molecule has 2 atom stereocenters. The van der Waals surface area contributed by atoms with E-state index in [2.05, 4.69) is 0 Å². The number of aliphatic hydroxyl groups excluding tert-OH is 1. The van der Waals surface area contributed by atoms with Crippen LogP contribution in [0.4, 0.5) is 4.79 Å². The highest BCUT2D eigenvalue weighted by molar-refractivity contribution is 5.68. The molecule has 1 amide bonds. The maximum atomic E-state index is 12.0. The molecule has 5 nitrogen and oxygen atoms in total. The van der Waals surface area contributed by atoms with Crippen LogP contribution in [-0.4, -0.2) is 47.4 Å². The molecular weight excluding hydrogens is 244 g/mol. The van der Waals surface area contributed by atoms with Gasteiger partial charge >= 0.3 is 6.09 Å². The summed E-state index contributed by atoms with van der Waals surface area (Å²) < 4.78 is 5.37. The Morgan fingerprint density at radius 2 is 2.00 bits per heavy atom. The number of aliphatic hydroxyl groups is 1. The van der Waals surface area contributed by atoms with E-state index in [0.717, 1.165) is 19.3 Å². The standard InChI is InChI=1S/C14H28N2O3/c1-14(2,3)19-13(18)16-9-6-11(5-4-8-15)12(17)7-10-16/h11-12,17H,4-10,15H2,1-3H3. The van der Waals surface area contributed by atoms with Gasteiger partial charge in [-0.25, -0.2) is 4.79 Å². The summed E-state index contributed by atoms with van der Waals surface area (Å²) in [5.74, 6) is 0.246. The van der Waals surface area contributed by atoms with E-state index in [1.54, 1.807) is 4.90 Å². The molecule has 1 aliphatic rings. The molecule has 2 unspecified atom stereocenters. The van der Waals surface area contributed by atoms with Gasteiger partial charge in [-0.2, -0.15) is 0 Å². The maximum absolute atomic E-state index is 12.0. The summed E-state index contributed by atoms with van der Waals surface area (Å²) in [6.45, 7) is 7.46. The number of carbonyl (C=O) groups excluding carboxylic acids is 1. The first-order valence-electron chi connectivity index (χ1n) is 7.19. The minimum Gasteiger partial charge on any atom is -0.444 e. The highest BCUT2D eigenvalue weighted by Crippen LogP contribution is 2.23. The Labute approximate surface area is 116 Å². The van der Waals surface area contributed by atoms with Gasteiger partial charge in [0.2, 0.25) is 0 Å². The van der Waals surface area contributed by atoms with Crippen molar-refractivity contribution in [2.45, 2.75) is 58.2 Å². The fraction of sp³-hybridized carbons (Fsp3) is 0.929. The topological polar surface area (TPSA) is 75.8 Å². The van der Waals surface area contributed by atoms with Crippen molar-refractivity contribution in [1.29, 1.82) is 0 Å². The highest BCUT2D eigenvalue weighted by atomic mass is 16.6. The first kappa shape index (κ1) is 16.2. The van der Waals surface area contributed by atoms with Crippen molar-refractivity contribution >= 4 is 6.09 Å². The normalized spacial score (nSPS) is 25.0. The molecule has 0 aromatic carbocycles. The summed E-state index contributed by atoms with van der Waals surface area (Å²) in [5, 5.41) is 10.1. The third kappa shape index (κ3) is 5.78. The average molecular weight is 272 g/mol. The van der Waals surface area contributed by atoms with Crippen LogP contribution in [0.25, 0.3) is 0 Å². The van der Waals surface area contributed by atoms with Gasteiger partial charge < -0.3 is 20.5 Å². The monoisotopic (exact) mass is 272 g/mol. The van der Waals surface area contributed by atoms with Gasteiger partial charge in [0.15, 0.2) is 0 Å². The van der Waals surface area contributed by atoms with Crippen LogP contribution in [-0.2, 0) is 4.74 Å². The van der Waals surface area contributed by atoms with Gasteiger partial charge in [0.25, 0.3) is 0 Å². The Hall–Kier alpha value is -0.810. The number of nitrogens with two attached hydrogens (primary N) is 1. The zero-order chi connectivity index (χ0) is 14.5. The van der Waals surface area contributed by atoms with Crippen molar-refractivity contribution in [2.75, 3.05) is 19.6 Å². The van der Waals surface area contributed by atoms with Crippen LogP contribution in [0.1, 0.15) is 46.5 Å². The number of carbonyl (C=O) groups is 1. The molecule has 0 saturated carbocycles. The lowest BCUT2D eigenvalue weighted by Gasteiger charge is -2.26. The number of hydrogen-bond donors (Lipinski definition) is 2. The van der Waals surface area contributed by atoms with Gasteiger partial charge in [0, 0.05) is 13.1 Å². The van der Waals surface area contributed by atoms with Crippen molar-refractivity contribution in [3.05, 3.63) is 0 Å². The van der Waals surface area contributed by atoms with Gasteiger partial charge in [0.05, 0.1) is 6.10 Å². The third-order valence-electron chi connectivity index (χ3n) is 3.44. The van der Waals surface area contributed by atoms with Crippen LogP contribution < -0.4 is 5.73 Å². The second-order valence-electron chi connectivity index (χ2n) is 6.30. The molecule has 1 saturated heterocycles. The lowest BCUT2D eigenvalue weighted by atomic mass is 9.92. The fourth-order valence-electron chi connectivity index (χ4n) is 2.38. The molecule has 3 N–H and O–H groups in total. The number of likely N-dealkylation sites (tertiary alicyclic amines) is 1. The first-order valence-corrected chi connectivity index (χ1v) is 7.19. The second kappa shape index (κ2) is 7.10. The Bertz CT molecular complexity index is 289. The van der Waals surface area contributed by atoms with Crippen LogP contribution in [0.15, 0.2) is 0 Å². The minimum absolute atomic E-state index is 0.246. The average Bonchev–Trinajstić information content (AvgIpc) is 2.47. The SMILES string of the molecule is CC(C)(C)OC(=O)N1CCC(O)C(CCCN)CC1. The van der Waals surface area contributed by atoms with Gasteiger partial charge in [-0.05, 0) is 58.9 Å². The fourth-order valence-corrected chi connectivity index (χ4v) is 2.38. The molecule has 19 heavy (non-hydrogen) atoms. The molecule has 0 radical (unpaired) electrons. The van der Waals surface area contributed by atoms with Crippen LogP contribution in [0.2, 0.25) is 0 Å². The number of rotatable bonds is 3. The molecule has 1 fully saturated rings. The van der Waals surface area contributed by atoms with Crippen LogP contribution in [0, 0.1) is 5.92 Å². The second-order valence-corrected chi connectivity index (χ2v) is 6.30. The van der Waals surface area contributed by atoms with E-state index in [1.165, 1.54) is 0 Å². The van der Waals surface area contributed by atoms with Crippen molar-refractivity contribution in [2.24, 2.45) is 11.7 Å². The predicted molar refractivity (Wildman–Crippen MR) is 74.8 cm³/mol. The first-order chi connectivity index (χ1) is 8.83. The Morgan fingerprint density at radius 1 is 1.37 bits per heavy atom. The molecule has 0 aromatic rings. The van der Waals surface area contributed by atoms with Crippen molar-refractivity contribution < 1.29 is 14.6 Å². The Kier molecular flexibility index (Phi) is 6.07. The van der Waals surface area contributed by atoms with Gasteiger partial charge in [-0.3, -0.25) is 0 Å². The lowest BCUT2D eigenvalue weighted by molar-refractivity contribution is 0.0251. The molecule has 1 rings (SSSR count). The Balaban J connectivity index is 2.50. The van der Waals surface area contributed by atoms with Gasteiger partial charge in [-0.1, -0.05) is 0 Å². The molecule has 1 heterocycles. The van der Waals surface area contributed by atoms with Crippen LogP contribution in [0.5, 0.6) is 0 Å². The molecule has 0 bridgehead atoms. The maximum Gasteiger partial charge on any atom is 0.410 e. The summed E-state index contributed by atoms with van der Waals surface area (Å²) in [6.07, 6.45) is 2.68. The zero-order valence-corrected chi connectivity index (χ0v) is 12.4. The quantitative estimate of drug-likeness (QED) is 0.820. The molecule has 5 heteroatoms. The van der Waals surface area contributed by atoms with E-state index >= 15 is 0 Å². The van der Waals surface area contributed by atoms with E-state index < -0.39 is 5.60 Å². The largest absolute Gasteiger partial charge is 0.444 e. The van der Waals surface area contributed by atoms with Gasteiger partial charge in [-0.15, -0.1) is 0 Å². The van der Waals surface area contributed by atoms with Crippen molar-refractivity contribution in [3.8, 4) is 0 Å². The Morgan fingerprint density at radius 3 is 2.58 bits per heavy atom. The molecule has 0 spiro atoms. The summed E-state index contributed by atoms with van der Waals surface area (Å²) in [7, 11) is 0. The summed E-state index contributed by atoms with van der Waals surface area (Å²) >= 11 is 0. The van der Waals surface area contributed by atoms with E-state index in [1.807, 2.05) is 20.8 Å². The van der Waals surface area contributed by atoms with E-state index in [0.29, 0.717) is 26.1 Å². The van der Waals surface area contributed by atoms with Crippen LogP contribution >= 0.6 is 0 Å². The number of nitrogens with zero attached hydrogens (tertiary/aromatic N) is 1. The predicted octanol–water partition coefficient (Wildman–Crippen LogP) is 1.73. The molecule has 0 aromatic heterocycles. The summed E-state index contributed by atoms with van der Waals surface area (Å²) in [4.78, 5) is 13.7. The van der Waals surface area contributed by atoms with E-state index in [4.69, 9.17) is 10.5 Å². The van der Waals surface area contributed by atoms with Gasteiger partial charge in [0.1, 0.15) is 5.60 Å². The van der Waals surface area contributed by atoms with E-state index in [9.17, 15) is 9.90 Å². The summed E-state index contributed by atoms with van der Waals surface area (Å²) in [6, 6.07) is 0. The minimum atomic E-state index is -0.471. The lowest BCUT2D eigenvalue weighted by Crippen LogP contribution is -2.37. The molecule has 1 aliphatic heterocycles. The number of hydrogen-bond acceptors (Lipinski definition) is 4.